The lowest BCUT2D eigenvalue weighted by Crippen LogP contribution is -2.42. The summed E-state index contributed by atoms with van der Waals surface area (Å²) in [5, 5.41) is 7.57. The first kappa shape index (κ1) is 19.5. The van der Waals surface area contributed by atoms with Gasteiger partial charge in [0.05, 0.1) is 10.7 Å². The van der Waals surface area contributed by atoms with E-state index in [9.17, 15) is 4.79 Å². The molecule has 0 spiro atoms. The van der Waals surface area contributed by atoms with Gasteiger partial charge in [0.1, 0.15) is 0 Å². The molecule has 2 heterocycles. The molecular formula is C22H23ClN4O2. The fourth-order valence-electron chi connectivity index (χ4n) is 3.69. The van der Waals surface area contributed by atoms with Gasteiger partial charge in [-0.1, -0.05) is 53.2 Å². The fraction of sp³-hybridized carbons (Fsp3) is 0.318. The summed E-state index contributed by atoms with van der Waals surface area (Å²) in [6, 6.07) is 15.1. The van der Waals surface area contributed by atoms with Crippen molar-refractivity contribution in [1.29, 1.82) is 0 Å². The number of halogens is 1. The number of aryl methyl sites for hydroxylation is 1. The van der Waals surface area contributed by atoms with Crippen LogP contribution < -0.4 is 5.32 Å². The molecule has 1 aliphatic heterocycles. The van der Waals surface area contributed by atoms with Gasteiger partial charge in [-0.05, 0) is 43.4 Å². The summed E-state index contributed by atoms with van der Waals surface area (Å²) in [6.07, 6.45) is 2.63. The first-order chi connectivity index (χ1) is 14.1. The zero-order valence-electron chi connectivity index (χ0n) is 16.3. The summed E-state index contributed by atoms with van der Waals surface area (Å²) in [7, 11) is 0. The van der Waals surface area contributed by atoms with Crippen LogP contribution in [0.2, 0.25) is 5.02 Å². The minimum Gasteiger partial charge on any atom is -0.339 e. The molecule has 0 saturated carbocycles. The highest BCUT2D eigenvalue weighted by Gasteiger charge is 2.26. The van der Waals surface area contributed by atoms with Gasteiger partial charge in [0.15, 0.2) is 0 Å². The number of para-hydroxylation sites is 1. The van der Waals surface area contributed by atoms with Gasteiger partial charge in [-0.3, -0.25) is 0 Å². The zero-order chi connectivity index (χ0) is 20.2. The minimum absolute atomic E-state index is 0.131. The lowest BCUT2D eigenvalue weighted by atomic mass is 9.95. The molecule has 1 aromatic heterocycles. The summed E-state index contributed by atoms with van der Waals surface area (Å²) in [5.74, 6) is 1.51. The molecule has 0 bridgehead atoms. The highest BCUT2D eigenvalue weighted by molar-refractivity contribution is 6.33. The highest BCUT2D eigenvalue weighted by Crippen LogP contribution is 2.25. The van der Waals surface area contributed by atoms with Crippen molar-refractivity contribution < 1.29 is 9.32 Å². The Kier molecular flexibility index (Phi) is 5.81. The van der Waals surface area contributed by atoms with Gasteiger partial charge in [0, 0.05) is 25.1 Å². The number of nitrogens with zero attached hydrogens (tertiary/aromatic N) is 3. The molecule has 1 aliphatic rings. The molecule has 150 valence electrons. The van der Waals surface area contributed by atoms with Crippen molar-refractivity contribution in [3.8, 4) is 11.4 Å². The number of hydrogen-bond donors (Lipinski definition) is 1. The number of benzene rings is 2. The van der Waals surface area contributed by atoms with Crippen LogP contribution in [-0.2, 0) is 6.42 Å². The summed E-state index contributed by atoms with van der Waals surface area (Å²) in [6.45, 7) is 3.41. The van der Waals surface area contributed by atoms with E-state index in [4.69, 9.17) is 16.1 Å². The maximum absolute atomic E-state index is 12.6. The standard InChI is InChI=1S/C22H23ClN4O2/c1-15-7-2-3-9-17(15)21-25-20(29-26-21)13-16-8-6-12-27(14-16)22(28)24-19-11-5-4-10-18(19)23/h2-5,7,9-11,16H,6,8,12-14H2,1H3,(H,24,28). The summed E-state index contributed by atoms with van der Waals surface area (Å²) >= 11 is 6.15. The van der Waals surface area contributed by atoms with E-state index >= 15 is 0 Å². The van der Waals surface area contributed by atoms with Crippen LogP contribution in [0.1, 0.15) is 24.3 Å². The van der Waals surface area contributed by atoms with E-state index in [0.717, 1.165) is 30.5 Å². The number of anilines is 1. The second kappa shape index (κ2) is 8.66. The Balaban J connectivity index is 1.39. The molecule has 0 radical (unpaired) electrons. The molecule has 6 nitrogen and oxygen atoms in total. The van der Waals surface area contributed by atoms with Gasteiger partial charge in [-0.25, -0.2) is 4.79 Å². The van der Waals surface area contributed by atoms with Crippen molar-refractivity contribution in [2.24, 2.45) is 5.92 Å². The van der Waals surface area contributed by atoms with Crippen LogP contribution in [0.4, 0.5) is 10.5 Å². The van der Waals surface area contributed by atoms with E-state index in [2.05, 4.69) is 15.5 Å². The number of nitrogens with one attached hydrogen (secondary N) is 1. The van der Waals surface area contributed by atoms with Crippen LogP contribution in [0.5, 0.6) is 0 Å². The molecule has 29 heavy (non-hydrogen) atoms. The van der Waals surface area contributed by atoms with Crippen LogP contribution in [-0.4, -0.2) is 34.2 Å². The van der Waals surface area contributed by atoms with Crippen LogP contribution in [0.3, 0.4) is 0 Å². The second-order valence-electron chi connectivity index (χ2n) is 7.40. The molecule has 2 aromatic carbocycles. The smallest absolute Gasteiger partial charge is 0.321 e. The number of likely N-dealkylation sites (tertiary alicyclic amines) is 1. The van der Waals surface area contributed by atoms with Crippen molar-refractivity contribution in [3.05, 3.63) is 65.0 Å². The first-order valence-corrected chi connectivity index (χ1v) is 10.2. The quantitative estimate of drug-likeness (QED) is 0.642. The third kappa shape index (κ3) is 4.59. The maximum atomic E-state index is 12.6. The number of urea groups is 1. The average molecular weight is 411 g/mol. The van der Waals surface area contributed by atoms with Crippen molar-refractivity contribution in [1.82, 2.24) is 15.0 Å². The summed E-state index contributed by atoms with van der Waals surface area (Å²) in [4.78, 5) is 19.0. The van der Waals surface area contributed by atoms with E-state index < -0.39 is 0 Å². The lowest BCUT2D eigenvalue weighted by molar-refractivity contribution is 0.173. The van der Waals surface area contributed by atoms with Crippen LogP contribution in [0.15, 0.2) is 53.1 Å². The SMILES string of the molecule is Cc1ccccc1-c1noc(CC2CCCN(C(=O)Nc3ccccc3Cl)C2)n1. The molecular weight excluding hydrogens is 388 g/mol. The Morgan fingerprint density at radius 3 is 2.86 bits per heavy atom. The van der Waals surface area contributed by atoms with Gasteiger partial charge in [0.25, 0.3) is 0 Å². The number of carbonyl (C=O) groups excluding carboxylic acids is 1. The molecule has 1 fully saturated rings. The molecule has 1 N–H and O–H groups in total. The van der Waals surface area contributed by atoms with E-state index in [0.29, 0.717) is 35.4 Å². The number of aromatic nitrogens is 2. The monoisotopic (exact) mass is 410 g/mol. The first-order valence-electron chi connectivity index (χ1n) is 9.79. The third-order valence-electron chi connectivity index (χ3n) is 5.24. The zero-order valence-corrected chi connectivity index (χ0v) is 17.0. The molecule has 4 rings (SSSR count). The largest absolute Gasteiger partial charge is 0.339 e. The molecule has 2 amide bonds. The Morgan fingerprint density at radius 1 is 1.24 bits per heavy atom. The average Bonchev–Trinajstić information content (AvgIpc) is 3.18. The molecule has 7 heteroatoms. The van der Waals surface area contributed by atoms with Crippen molar-refractivity contribution in [2.45, 2.75) is 26.2 Å². The Labute approximate surface area is 174 Å². The fourth-order valence-corrected chi connectivity index (χ4v) is 3.87. The van der Waals surface area contributed by atoms with Gasteiger partial charge in [0.2, 0.25) is 11.7 Å². The topological polar surface area (TPSA) is 71.3 Å². The number of piperidine rings is 1. The van der Waals surface area contributed by atoms with Crippen LogP contribution in [0, 0.1) is 12.8 Å². The molecule has 1 saturated heterocycles. The van der Waals surface area contributed by atoms with Gasteiger partial charge in [-0.15, -0.1) is 0 Å². The van der Waals surface area contributed by atoms with E-state index in [-0.39, 0.29) is 11.9 Å². The maximum Gasteiger partial charge on any atom is 0.321 e. The summed E-state index contributed by atoms with van der Waals surface area (Å²) in [5.41, 5.74) is 2.72. The van der Waals surface area contributed by atoms with Crippen molar-refractivity contribution in [3.63, 3.8) is 0 Å². The Hall–Kier alpha value is -2.86. The van der Waals surface area contributed by atoms with E-state index in [1.165, 1.54) is 0 Å². The van der Waals surface area contributed by atoms with Crippen molar-refractivity contribution >= 4 is 23.3 Å². The number of carbonyl (C=O) groups is 1. The van der Waals surface area contributed by atoms with Crippen LogP contribution >= 0.6 is 11.6 Å². The van der Waals surface area contributed by atoms with Gasteiger partial charge >= 0.3 is 6.03 Å². The number of rotatable bonds is 4. The van der Waals surface area contributed by atoms with E-state index in [1.54, 1.807) is 12.1 Å². The molecule has 1 unspecified atom stereocenters. The molecule has 3 aromatic rings. The Bertz CT molecular complexity index is 1000. The highest BCUT2D eigenvalue weighted by atomic mass is 35.5. The minimum atomic E-state index is -0.131. The van der Waals surface area contributed by atoms with Crippen LogP contribution in [0.25, 0.3) is 11.4 Å². The van der Waals surface area contributed by atoms with E-state index in [1.807, 2.05) is 48.2 Å². The summed E-state index contributed by atoms with van der Waals surface area (Å²) < 4.78 is 5.49. The molecule has 1 atom stereocenters. The lowest BCUT2D eigenvalue weighted by Gasteiger charge is -2.32. The predicted molar refractivity (Wildman–Crippen MR) is 113 cm³/mol. The number of hydrogen-bond acceptors (Lipinski definition) is 4. The van der Waals surface area contributed by atoms with Gasteiger partial charge < -0.3 is 14.7 Å². The van der Waals surface area contributed by atoms with Gasteiger partial charge in [-0.2, -0.15) is 4.98 Å². The predicted octanol–water partition coefficient (Wildman–Crippen LogP) is 5.19. The Morgan fingerprint density at radius 2 is 2.03 bits per heavy atom. The molecule has 0 aliphatic carbocycles. The normalized spacial score (nSPS) is 16.6. The second-order valence-corrected chi connectivity index (χ2v) is 7.80. The third-order valence-corrected chi connectivity index (χ3v) is 5.57. The van der Waals surface area contributed by atoms with Crippen molar-refractivity contribution in [2.75, 3.05) is 18.4 Å². The number of amides is 2.